The van der Waals surface area contributed by atoms with E-state index in [1.807, 2.05) is 33.1 Å². The Morgan fingerprint density at radius 3 is 2.63 bits per heavy atom. The lowest BCUT2D eigenvalue weighted by Crippen LogP contribution is -2.60. The summed E-state index contributed by atoms with van der Waals surface area (Å²) in [6, 6.07) is -0.579. The monoisotopic (exact) mass is 281 g/mol. The van der Waals surface area contributed by atoms with Crippen molar-refractivity contribution in [1.29, 1.82) is 0 Å². The van der Waals surface area contributed by atoms with Crippen molar-refractivity contribution in [3.8, 4) is 0 Å². The molecule has 1 aromatic rings. The van der Waals surface area contributed by atoms with E-state index < -0.39 is 6.04 Å². The van der Waals surface area contributed by atoms with Crippen molar-refractivity contribution < 1.29 is 9.59 Å². The predicted octanol–water partition coefficient (Wildman–Crippen LogP) is 1.50. The number of aromatic nitrogens is 1. The molecule has 0 aromatic carbocycles. The van der Waals surface area contributed by atoms with E-state index in [2.05, 4.69) is 10.3 Å². The van der Waals surface area contributed by atoms with Gasteiger partial charge in [-0.1, -0.05) is 13.8 Å². The molecule has 1 saturated heterocycles. The average molecular weight is 281 g/mol. The highest BCUT2D eigenvalue weighted by Crippen LogP contribution is 2.29. The van der Waals surface area contributed by atoms with Crippen molar-refractivity contribution in [2.45, 2.75) is 39.8 Å². The molecule has 2 amide bonds. The van der Waals surface area contributed by atoms with Gasteiger partial charge in [-0.3, -0.25) is 9.59 Å². The van der Waals surface area contributed by atoms with Gasteiger partial charge in [0.1, 0.15) is 11.0 Å². The minimum atomic E-state index is -0.416. The average Bonchev–Trinajstić information content (AvgIpc) is 2.77. The number of hydrogen-bond donors (Lipinski definition) is 1. The second kappa shape index (κ2) is 5.28. The minimum absolute atomic E-state index is 0.0429. The van der Waals surface area contributed by atoms with Crippen LogP contribution in [0.3, 0.4) is 0 Å². The third kappa shape index (κ3) is 2.63. The Morgan fingerprint density at radius 2 is 2.11 bits per heavy atom. The molecular weight excluding hydrogens is 262 g/mol. The van der Waals surface area contributed by atoms with Gasteiger partial charge in [-0.15, -0.1) is 11.3 Å². The van der Waals surface area contributed by atoms with E-state index in [-0.39, 0.29) is 30.3 Å². The molecule has 2 heterocycles. The molecule has 1 N–H and O–H groups in total. The fraction of sp³-hybridized carbons (Fsp3) is 0.615. The van der Waals surface area contributed by atoms with Gasteiger partial charge >= 0.3 is 0 Å². The largest absolute Gasteiger partial charge is 0.345 e. The van der Waals surface area contributed by atoms with E-state index in [9.17, 15) is 9.59 Å². The van der Waals surface area contributed by atoms with Gasteiger partial charge in [0.2, 0.25) is 11.8 Å². The van der Waals surface area contributed by atoms with E-state index in [1.54, 1.807) is 4.90 Å². The summed E-state index contributed by atoms with van der Waals surface area (Å²) in [4.78, 5) is 30.3. The lowest BCUT2D eigenvalue weighted by atomic mass is 9.97. The van der Waals surface area contributed by atoms with Crippen LogP contribution >= 0.6 is 11.3 Å². The van der Waals surface area contributed by atoms with Crippen LogP contribution in [-0.2, 0) is 9.59 Å². The van der Waals surface area contributed by atoms with Crippen molar-refractivity contribution in [2.75, 3.05) is 6.54 Å². The quantitative estimate of drug-likeness (QED) is 0.913. The Bertz CT molecular complexity index is 498. The number of hydrogen-bond acceptors (Lipinski definition) is 4. The maximum absolute atomic E-state index is 12.2. The molecule has 1 aromatic heterocycles. The highest BCUT2D eigenvalue weighted by atomic mass is 32.1. The molecule has 104 valence electrons. The Kier molecular flexibility index (Phi) is 3.89. The van der Waals surface area contributed by atoms with Crippen LogP contribution < -0.4 is 5.32 Å². The molecule has 0 aliphatic carbocycles. The number of nitrogens with one attached hydrogen (secondary N) is 1. The lowest BCUT2D eigenvalue weighted by molar-refractivity contribution is -0.150. The topological polar surface area (TPSA) is 62.3 Å². The van der Waals surface area contributed by atoms with Gasteiger partial charge in [0.25, 0.3) is 0 Å². The van der Waals surface area contributed by atoms with Gasteiger partial charge in [-0.2, -0.15) is 0 Å². The third-order valence-electron chi connectivity index (χ3n) is 3.31. The highest BCUT2D eigenvalue weighted by molar-refractivity contribution is 7.09. The standard InChI is InChI=1S/C13H19N3O2S/c1-7(2)11-12(18)14-5-10(17)16(11)9(4)13-15-8(3)6-19-13/h6-7,9,11H,5H2,1-4H3,(H,14,18). The zero-order valence-electron chi connectivity index (χ0n) is 11.6. The second-order valence-electron chi connectivity index (χ2n) is 5.21. The predicted molar refractivity (Wildman–Crippen MR) is 73.7 cm³/mol. The smallest absolute Gasteiger partial charge is 0.243 e. The number of carbonyl (C=O) groups excluding carboxylic acids is 2. The summed E-state index contributed by atoms with van der Waals surface area (Å²) >= 11 is 1.53. The van der Waals surface area contributed by atoms with Crippen molar-refractivity contribution in [3.05, 3.63) is 16.1 Å². The van der Waals surface area contributed by atoms with Crippen LogP contribution in [0.2, 0.25) is 0 Å². The zero-order valence-corrected chi connectivity index (χ0v) is 12.5. The summed E-state index contributed by atoms with van der Waals surface area (Å²) in [5.41, 5.74) is 0.946. The number of carbonyl (C=O) groups is 2. The minimum Gasteiger partial charge on any atom is -0.345 e. The molecule has 0 saturated carbocycles. The number of amides is 2. The molecule has 1 aliphatic rings. The Hall–Kier alpha value is -1.43. The summed E-state index contributed by atoms with van der Waals surface area (Å²) in [5.74, 6) is -0.0406. The summed E-state index contributed by atoms with van der Waals surface area (Å²) in [6.45, 7) is 7.85. The molecular formula is C13H19N3O2S. The van der Waals surface area contributed by atoms with Crippen molar-refractivity contribution in [3.63, 3.8) is 0 Å². The van der Waals surface area contributed by atoms with Gasteiger partial charge in [-0.25, -0.2) is 4.98 Å². The normalized spacial score (nSPS) is 21.7. The maximum Gasteiger partial charge on any atom is 0.243 e. The molecule has 1 fully saturated rings. The van der Waals surface area contributed by atoms with Gasteiger partial charge in [0.15, 0.2) is 0 Å². The SMILES string of the molecule is Cc1csc(C(C)N2C(=O)CNC(=O)C2C(C)C)n1. The van der Waals surface area contributed by atoms with E-state index >= 15 is 0 Å². The fourth-order valence-corrected chi connectivity index (χ4v) is 3.26. The molecule has 5 nitrogen and oxygen atoms in total. The van der Waals surface area contributed by atoms with Crippen LogP contribution in [0.25, 0.3) is 0 Å². The number of piperazine rings is 1. The van der Waals surface area contributed by atoms with Crippen molar-refractivity contribution in [2.24, 2.45) is 5.92 Å². The lowest BCUT2D eigenvalue weighted by Gasteiger charge is -2.40. The molecule has 2 unspecified atom stereocenters. The van der Waals surface area contributed by atoms with Gasteiger partial charge in [0, 0.05) is 11.1 Å². The fourth-order valence-electron chi connectivity index (χ4n) is 2.40. The Labute approximate surface area is 117 Å². The summed E-state index contributed by atoms with van der Waals surface area (Å²) < 4.78 is 0. The molecule has 2 rings (SSSR count). The van der Waals surface area contributed by atoms with E-state index in [0.717, 1.165) is 10.7 Å². The maximum atomic E-state index is 12.2. The van der Waals surface area contributed by atoms with Crippen LogP contribution in [0.4, 0.5) is 0 Å². The van der Waals surface area contributed by atoms with Crippen LogP contribution in [0.5, 0.6) is 0 Å². The second-order valence-corrected chi connectivity index (χ2v) is 6.10. The first-order valence-corrected chi connectivity index (χ1v) is 7.30. The van der Waals surface area contributed by atoms with Crippen molar-refractivity contribution >= 4 is 23.2 Å². The summed E-state index contributed by atoms with van der Waals surface area (Å²) in [6.07, 6.45) is 0. The third-order valence-corrected chi connectivity index (χ3v) is 4.45. The number of nitrogens with zero attached hydrogens (tertiary/aromatic N) is 2. The van der Waals surface area contributed by atoms with Crippen LogP contribution in [0, 0.1) is 12.8 Å². The van der Waals surface area contributed by atoms with E-state index in [1.165, 1.54) is 11.3 Å². The molecule has 0 bridgehead atoms. The molecule has 6 heteroatoms. The number of thiazole rings is 1. The first kappa shape index (κ1) is 14.0. The van der Waals surface area contributed by atoms with Gasteiger partial charge < -0.3 is 10.2 Å². The first-order chi connectivity index (χ1) is 8.91. The molecule has 0 radical (unpaired) electrons. The molecule has 2 atom stereocenters. The van der Waals surface area contributed by atoms with Crippen molar-refractivity contribution in [1.82, 2.24) is 15.2 Å². The molecule has 1 aliphatic heterocycles. The van der Waals surface area contributed by atoms with Gasteiger partial charge in [0.05, 0.1) is 12.6 Å². The van der Waals surface area contributed by atoms with Crippen LogP contribution in [-0.4, -0.2) is 34.3 Å². The molecule has 19 heavy (non-hydrogen) atoms. The summed E-state index contributed by atoms with van der Waals surface area (Å²) in [5, 5.41) is 5.50. The molecule has 0 spiro atoms. The van der Waals surface area contributed by atoms with Crippen LogP contribution in [0.15, 0.2) is 5.38 Å². The number of aryl methyl sites for hydroxylation is 1. The first-order valence-electron chi connectivity index (χ1n) is 6.42. The van der Waals surface area contributed by atoms with Gasteiger partial charge in [-0.05, 0) is 19.8 Å². The van der Waals surface area contributed by atoms with E-state index in [4.69, 9.17) is 0 Å². The van der Waals surface area contributed by atoms with E-state index in [0.29, 0.717) is 0 Å². The highest BCUT2D eigenvalue weighted by Gasteiger charge is 2.40. The Morgan fingerprint density at radius 1 is 1.42 bits per heavy atom. The Balaban J connectivity index is 2.32. The summed E-state index contributed by atoms with van der Waals surface area (Å²) in [7, 11) is 0. The number of rotatable bonds is 3. The van der Waals surface area contributed by atoms with Crippen LogP contribution in [0.1, 0.15) is 37.5 Å². The zero-order chi connectivity index (χ0) is 14.2.